The topological polar surface area (TPSA) is 73.9 Å². The van der Waals surface area contributed by atoms with E-state index in [1.165, 1.54) is 18.4 Å². The van der Waals surface area contributed by atoms with Crippen molar-refractivity contribution in [1.29, 1.82) is 0 Å². The second kappa shape index (κ2) is 8.39. The molecule has 3 atom stereocenters. The smallest absolute Gasteiger partial charge is 0.161 e. The monoisotopic (exact) mass is 349 g/mol. The minimum Gasteiger partial charge on any atom is -0.486 e. The maximum absolute atomic E-state index is 9.45. The largest absolute Gasteiger partial charge is 0.486 e. The molecule has 0 saturated heterocycles. The van der Waals surface area contributed by atoms with Crippen molar-refractivity contribution in [1.82, 2.24) is 0 Å². The van der Waals surface area contributed by atoms with Crippen molar-refractivity contribution in [3.63, 3.8) is 0 Å². The van der Waals surface area contributed by atoms with Gasteiger partial charge >= 0.3 is 0 Å². The van der Waals surface area contributed by atoms with Gasteiger partial charge in [-0.2, -0.15) is 0 Å². The molecule has 5 heteroatoms. The lowest BCUT2D eigenvalue weighted by molar-refractivity contribution is 0.00780. The summed E-state index contributed by atoms with van der Waals surface area (Å²) >= 11 is 0. The van der Waals surface area contributed by atoms with Crippen LogP contribution in [0.15, 0.2) is 18.2 Å². The van der Waals surface area contributed by atoms with Crippen LogP contribution in [0.1, 0.15) is 56.9 Å². The van der Waals surface area contributed by atoms with Crippen molar-refractivity contribution in [3.8, 4) is 11.5 Å². The number of aliphatic hydroxyl groups is 1. The summed E-state index contributed by atoms with van der Waals surface area (Å²) in [5.74, 6) is 1.97. The Labute approximate surface area is 150 Å². The van der Waals surface area contributed by atoms with Crippen LogP contribution in [0.5, 0.6) is 11.5 Å². The molecule has 3 N–H and O–H groups in total. The minimum atomic E-state index is -0.432. The zero-order valence-corrected chi connectivity index (χ0v) is 15.2. The molecule has 0 spiro atoms. The highest BCUT2D eigenvalue weighted by molar-refractivity contribution is 5.45. The fraction of sp³-hybridized carbons (Fsp3) is 0.700. The molecule has 1 fully saturated rings. The molecule has 0 amide bonds. The van der Waals surface area contributed by atoms with Crippen LogP contribution >= 0.6 is 0 Å². The second-order valence-electron chi connectivity index (χ2n) is 7.50. The summed E-state index contributed by atoms with van der Waals surface area (Å²) < 4.78 is 17.6. The molecule has 0 bridgehead atoms. The molecule has 140 valence electrons. The van der Waals surface area contributed by atoms with E-state index < -0.39 is 5.54 Å². The molecule has 1 aromatic carbocycles. The Balaban J connectivity index is 1.53. The zero-order valence-electron chi connectivity index (χ0n) is 15.2. The van der Waals surface area contributed by atoms with Gasteiger partial charge in [0.2, 0.25) is 0 Å². The Kier molecular flexibility index (Phi) is 6.20. The summed E-state index contributed by atoms with van der Waals surface area (Å²) in [5, 5.41) is 9.45. The van der Waals surface area contributed by atoms with Crippen LogP contribution in [0.3, 0.4) is 0 Å². The van der Waals surface area contributed by atoms with Crippen LogP contribution in [0.25, 0.3) is 0 Å². The molecule has 5 nitrogen and oxygen atoms in total. The highest BCUT2D eigenvalue weighted by Gasteiger charge is 2.36. The number of ether oxygens (including phenoxy) is 3. The van der Waals surface area contributed by atoms with Gasteiger partial charge in [0.05, 0.1) is 13.2 Å². The molecule has 1 aromatic rings. The third-order valence-corrected chi connectivity index (χ3v) is 5.31. The van der Waals surface area contributed by atoms with Crippen LogP contribution in [0, 0.1) is 0 Å². The Hall–Kier alpha value is -1.30. The van der Waals surface area contributed by atoms with Crippen molar-refractivity contribution >= 4 is 0 Å². The zero-order chi connectivity index (χ0) is 17.7. The Morgan fingerprint density at radius 3 is 2.96 bits per heavy atom. The van der Waals surface area contributed by atoms with Crippen LogP contribution in [0.4, 0.5) is 0 Å². The average molecular weight is 349 g/mol. The molecule has 3 rings (SSSR count). The van der Waals surface area contributed by atoms with E-state index >= 15 is 0 Å². The summed E-state index contributed by atoms with van der Waals surface area (Å²) in [5.41, 5.74) is 6.99. The second-order valence-corrected chi connectivity index (χ2v) is 7.50. The SMILES string of the molecule is CCCCCOC[C@@H]1COc2cc([C@H]3CC[C@@](N)(CO)C3)ccc2O1. The Morgan fingerprint density at radius 2 is 2.20 bits per heavy atom. The van der Waals surface area contributed by atoms with Gasteiger partial charge in [-0.25, -0.2) is 0 Å². The molecule has 1 saturated carbocycles. The predicted molar refractivity (Wildman–Crippen MR) is 97.3 cm³/mol. The molecule has 0 radical (unpaired) electrons. The van der Waals surface area contributed by atoms with E-state index in [9.17, 15) is 5.11 Å². The molecule has 1 aliphatic carbocycles. The maximum atomic E-state index is 9.45. The van der Waals surface area contributed by atoms with Gasteiger partial charge in [-0.05, 0) is 49.3 Å². The van der Waals surface area contributed by atoms with Gasteiger partial charge in [-0.1, -0.05) is 25.8 Å². The van der Waals surface area contributed by atoms with Crippen LogP contribution in [-0.2, 0) is 4.74 Å². The molecular formula is C20H31NO4. The average Bonchev–Trinajstić information content (AvgIpc) is 3.04. The first-order chi connectivity index (χ1) is 12.1. The molecule has 2 aliphatic rings. The lowest BCUT2D eigenvalue weighted by atomic mass is 9.93. The van der Waals surface area contributed by atoms with Crippen LogP contribution in [0.2, 0.25) is 0 Å². The number of hydrogen-bond donors (Lipinski definition) is 2. The van der Waals surface area contributed by atoms with Gasteiger partial charge in [0, 0.05) is 12.1 Å². The van der Waals surface area contributed by atoms with E-state index in [1.807, 2.05) is 6.07 Å². The van der Waals surface area contributed by atoms with Gasteiger partial charge in [-0.15, -0.1) is 0 Å². The quantitative estimate of drug-likeness (QED) is 0.706. The fourth-order valence-electron chi connectivity index (χ4n) is 3.72. The van der Waals surface area contributed by atoms with E-state index in [0.717, 1.165) is 43.8 Å². The lowest BCUT2D eigenvalue weighted by Gasteiger charge is -2.27. The van der Waals surface area contributed by atoms with E-state index in [0.29, 0.717) is 19.1 Å². The normalized spacial score (nSPS) is 28.3. The lowest BCUT2D eigenvalue weighted by Crippen LogP contribution is -2.40. The van der Waals surface area contributed by atoms with Crippen LogP contribution < -0.4 is 15.2 Å². The molecule has 1 aliphatic heterocycles. The summed E-state index contributed by atoms with van der Waals surface area (Å²) in [6, 6.07) is 6.16. The third-order valence-electron chi connectivity index (χ3n) is 5.31. The molecule has 1 heterocycles. The number of unbranched alkanes of at least 4 members (excludes halogenated alkanes) is 2. The van der Waals surface area contributed by atoms with Gasteiger partial charge in [0.25, 0.3) is 0 Å². The van der Waals surface area contributed by atoms with E-state index in [2.05, 4.69) is 19.1 Å². The number of nitrogens with two attached hydrogens (primary N) is 1. The van der Waals surface area contributed by atoms with Gasteiger partial charge in [-0.3, -0.25) is 0 Å². The van der Waals surface area contributed by atoms with Crippen molar-refractivity contribution in [3.05, 3.63) is 23.8 Å². The minimum absolute atomic E-state index is 0.0439. The van der Waals surface area contributed by atoms with Crippen molar-refractivity contribution in [2.45, 2.75) is 63.0 Å². The number of fused-ring (bicyclic) bond motifs is 1. The first kappa shape index (κ1) is 18.5. The molecule has 0 aromatic heterocycles. The fourth-order valence-corrected chi connectivity index (χ4v) is 3.72. The Morgan fingerprint density at radius 1 is 1.32 bits per heavy atom. The first-order valence-electron chi connectivity index (χ1n) is 9.54. The first-order valence-corrected chi connectivity index (χ1v) is 9.54. The number of rotatable bonds is 8. The molecule has 25 heavy (non-hydrogen) atoms. The maximum Gasteiger partial charge on any atom is 0.161 e. The van der Waals surface area contributed by atoms with Crippen LogP contribution in [-0.4, -0.2) is 43.2 Å². The highest BCUT2D eigenvalue weighted by Crippen LogP contribution is 2.42. The van der Waals surface area contributed by atoms with Crippen molar-refractivity contribution in [2.75, 3.05) is 26.4 Å². The predicted octanol–water partition coefficient (Wildman–Crippen LogP) is 2.99. The van der Waals surface area contributed by atoms with Crippen molar-refractivity contribution < 1.29 is 19.3 Å². The van der Waals surface area contributed by atoms with E-state index in [4.69, 9.17) is 19.9 Å². The number of hydrogen-bond acceptors (Lipinski definition) is 5. The Bertz CT molecular complexity index is 565. The summed E-state index contributed by atoms with van der Waals surface area (Å²) in [7, 11) is 0. The summed E-state index contributed by atoms with van der Waals surface area (Å²) in [6.45, 7) is 4.11. The van der Waals surface area contributed by atoms with Gasteiger partial charge < -0.3 is 25.1 Å². The number of benzene rings is 1. The van der Waals surface area contributed by atoms with Gasteiger partial charge in [0.15, 0.2) is 17.6 Å². The highest BCUT2D eigenvalue weighted by atomic mass is 16.6. The third kappa shape index (κ3) is 4.66. The summed E-state index contributed by atoms with van der Waals surface area (Å²) in [6.07, 6.45) is 6.14. The molecular weight excluding hydrogens is 318 g/mol. The van der Waals surface area contributed by atoms with E-state index in [-0.39, 0.29) is 12.7 Å². The summed E-state index contributed by atoms with van der Waals surface area (Å²) in [4.78, 5) is 0. The standard InChI is InChI=1S/C20H31NO4/c1-2-3-4-9-23-12-17-13-24-19-10-15(5-6-18(19)25-17)16-7-8-20(21,11-16)14-22/h5-6,10,16-17,22H,2-4,7-9,11-14,21H2,1H3/t16-,17+,20-/m0/s1. The van der Waals surface area contributed by atoms with E-state index in [1.54, 1.807) is 0 Å². The van der Waals surface area contributed by atoms with Crippen molar-refractivity contribution in [2.24, 2.45) is 5.73 Å². The molecule has 0 unspecified atom stereocenters. The number of aliphatic hydroxyl groups excluding tert-OH is 1. The van der Waals surface area contributed by atoms with Gasteiger partial charge in [0.1, 0.15) is 6.61 Å².